The molecule has 2 rings (SSSR count). The summed E-state index contributed by atoms with van der Waals surface area (Å²) in [6.45, 7) is 2.04. The molecule has 5 nitrogen and oxygen atoms in total. The van der Waals surface area contributed by atoms with E-state index in [2.05, 4.69) is 9.97 Å². The van der Waals surface area contributed by atoms with Gasteiger partial charge in [-0.25, -0.2) is 4.98 Å². The Hall–Kier alpha value is -1.30. The molecule has 1 heterocycles. The van der Waals surface area contributed by atoms with Crippen LogP contribution in [0.15, 0.2) is 16.0 Å². The summed E-state index contributed by atoms with van der Waals surface area (Å²) in [4.78, 5) is 30.0. The highest BCUT2D eigenvalue weighted by Gasteiger charge is 2.32. The molecule has 0 radical (unpaired) electrons. The molecule has 1 fully saturated rings. The second kappa shape index (κ2) is 6.92. The molecule has 0 amide bonds. The van der Waals surface area contributed by atoms with Gasteiger partial charge in [0.1, 0.15) is 0 Å². The predicted octanol–water partition coefficient (Wildman–Crippen LogP) is 2.46. The van der Waals surface area contributed by atoms with Gasteiger partial charge in [-0.15, -0.1) is 0 Å². The average molecular weight is 296 g/mol. The van der Waals surface area contributed by atoms with Crippen LogP contribution in [0.5, 0.6) is 0 Å². The minimum Gasteiger partial charge on any atom is -0.481 e. The molecule has 0 bridgehead atoms. The van der Waals surface area contributed by atoms with Crippen LogP contribution in [-0.4, -0.2) is 26.3 Å². The number of H-pyrrole nitrogens is 1. The fourth-order valence-corrected chi connectivity index (χ4v) is 3.90. The Bertz CT molecular complexity index is 529. The fraction of sp³-hybridized carbons (Fsp3) is 0.643. The summed E-state index contributed by atoms with van der Waals surface area (Å²) < 4.78 is 0. The van der Waals surface area contributed by atoms with E-state index in [1.54, 1.807) is 0 Å². The molecule has 20 heavy (non-hydrogen) atoms. The Balaban J connectivity index is 2.15. The van der Waals surface area contributed by atoms with Crippen LogP contribution in [0.2, 0.25) is 0 Å². The first kappa shape index (κ1) is 15.1. The monoisotopic (exact) mass is 296 g/mol. The van der Waals surface area contributed by atoms with Crippen molar-refractivity contribution in [3.8, 4) is 0 Å². The third-order valence-electron chi connectivity index (χ3n) is 3.56. The zero-order chi connectivity index (χ0) is 14.5. The number of carboxylic acids is 1. The molecule has 1 aliphatic carbocycles. The summed E-state index contributed by atoms with van der Waals surface area (Å²) in [5, 5.41) is 9.83. The first-order valence-electron chi connectivity index (χ1n) is 7.10. The minimum atomic E-state index is -0.741. The van der Waals surface area contributed by atoms with Crippen molar-refractivity contribution in [2.75, 3.05) is 0 Å². The summed E-state index contributed by atoms with van der Waals surface area (Å²) in [7, 11) is 0. The molecule has 0 saturated heterocycles. The van der Waals surface area contributed by atoms with Crippen molar-refractivity contribution in [2.24, 2.45) is 5.92 Å². The molecule has 1 aliphatic rings. The Labute approximate surface area is 122 Å². The number of carboxylic acid groups (broad SMARTS) is 1. The van der Waals surface area contributed by atoms with Crippen molar-refractivity contribution in [3.63, 3.8) is 0 Å². The Kier molecular flexibility index (Phi) is 5.23. The predicted molar refractivity (Wildman–Crippen MR) is 78.1 cm³/mol. The number of aromatic amines is 1. The zero-order valence-corrected chi connectivity index (χ0v) is 12.4. The van der Waals surface area contributed by atoms with Gasteiger partial charge in [-0.1, -0.05) is 37.9 Å². The topological polar surface area (TPSA) is 83.0 Å². The van der Waals surface area contributed by atoms with Crippen LogP contribution >= 0.6 is 11.8 Å². The van der Waals surface area contributed by atoms with Crippen molar-refractivity contribution in [2.45, 2.75) is 55.9 Å². The number of thioether (sulfide) groups is 1. The van der Waals surface area contributed by atoms with E-state index in [1.807, 2.05) is 6.92 Å². The minimum absolute atomic E-state index is 0.00118. The third-order valence-corrected chi connectivity index (χ3v) is 4.85. The van der Waals surface area contributed by atoms with Gasteiger partial charge in [0.05, 0.1) is 5.92 Å². The third kappa shape index (κ3) is 3.85. The molecule has 1 aromatic heterocycles. The largest absolute Gasteiger partial charge is 0.481 e. The normalized spacial score (nSPS) is 22.6. The van der Waals surface area contributed by atoms with Crippen molar-refractivity contribution in [1.82, 2.24) is 9.97 Å². The number of carbonyl (C=O) groups is 1. The second-order valence-corrected chi connectivity index (χ2v) is 6.41. The van der Waals surface area contributed by atoms with E-state index in [0.717, 1.165) is 37.8 Å². The lowest BCUT2D eigenvalue weighted by molar-refractivity contribution is -0.142. The number of nitrogens with one attached hydrogen (secondary N) is 1. The van der Waals surface area contributed by atoms with Gasteiger partial charge in [-0.3, -0.25) is 9.59 Å². The standard InChI is InChI=1S/C14H20N2O3S/c1-2-5-9-8-12(17)16-14(15-9)20-11-7-4-3-6-10(11)13(18)19/h8,10-11H,2-7H2,1H3,(H,18,19)(H,15,16,17). The average Bonchev–Trinajstić information content (AvgIpc) is 2.38. The molecular weight excluding hydrogens is 276 g/mol. The summed E-state index contributed by atoms with van der Waals surface area (Å²) in [6.07, 6.45) is 5.29. The molecule has 1 aromatic rings. The Morgan fingerprint density at radius 1 is 1.50 bits per heavy atom. The molecule has 2 N–H and O–H groups in total. The van der Waals surface area contributed by atoms with Gasteiger partial charge in [0.25, 0.3) is 5.56 Å². The van der Waals surface area contributed by atoms with Crippen molar-refractivity contribution in [3.05, 3.63) is 22.1 Å². The van der Waals surface area contributed by atoms with Crippen LogP contribution in [-0.2, 0) is 11.2 Å². The van der Waals surface area contributed by atoms with Crippen LogP contribution in [0, 0.1) is 5.92 Å². The van der Waals surface area contributed by atoms with E-state index in [-0.39, 0.29) is 16.7 Å². The van der Waals surface area contributed by atoms with Gasteiger partial charge in [0.15, 0.2) is 5.16 Å². The van der Waals surface area contributed by atoms with Crippen LogP contribution in [0.1, 0.15) is 44.7 Å². The van der Waals surface area contributed by atoms with E-state index in [0.29, 0.717) is 11.6 Å². The van der Waals surface area contributed by atoms with E-state index < -0.39 is 5.97 Å². The number of aliphatic carboxylic acids is 1. The van der Waals surface area contributed by atoms with Gasteiger partial charge in [0.2, 0.25) is 0 Å². The molecule has 2 unspecified atom stereocenters. The summed E-state index contributed by atoms with van der Waals surface area (Å²) in [5.74, 6) is -1.08. The van der Waals surface area contributed by atoms with Gasteiger partial charge in [0, 0.05) is 17.0 Å². The highest BCUT2D eigenvalue weighted by Crippen LogP contribution is 2.36. The maximum absolute atomic E-state index is 11.6. The first-order valence-corrected chi connectivity index (χ1v) is 7.98. The number of nitrogens with zero attached hydrogens (tertiary/aromatic N) is 1. The number of hydrogen-bond donors (Lipinski definition) is 2. The van der Waals surface area contributed by atoms with Crippen molar-refractivity contribution in [1.29, 1.82) is 0 Å². The Morgan fingerprint density at radius 2 is 2.25 bits per heavy atom. The van der Waals surface area contributed by atoms with E-state index in [1.165, 1.54) is 17.8 Å². The second-order valence-electron chi connectivity index (χ2n) is 5.18. The zero-order valence-electron chi connectivity index (χ0n) is 11.6. The fourth-order valence-electron chi connectivity index (χ4n) is 2.59. The van der Waals surface area contributed by atoms with Gasteiger partial charge in [-0.05, 0) is 19.3 Å². The van der Waals surface area contributed by atoms with Crippen LogP contribution in [0.3, 0.4) is 0 Å². The van der Waals surface area contributed by atoms with E-state index in [4.69, 9.17) is 0 Å². The quantitative estimate of drug-likeness (QED) is 0.815. The van der Waals surface area contributed by atoms with Crippen LogP contribution in [0.25, 0.3) is 0 Å². The lowest BCUT2D eigenvalue weighted by atomic mass is 9.89. The van der Waals surface area contributed by atoms with Crippen LogP contribution in [0.4, 0.5) is 0 Å². The number of rotatable bonds is 5. The first-order chi connectivity index (χ1) is 9.60. The Morgan fingerprint density at radius 3 is 2.95 bits per heavy atom. The number of hydrogen-bond acceptors (Lipinski definition) is 4. The number of aryl methyl sites for hydroxylation is 1. The molecule has 0 aliphatic heterocycles. The molecule has 2 atom stereocenters. The summed E-state index contributed by atoms with van der Waals surface area (Å²) >= 11 is 1.41. The maximum Gasteiger partial charge on any atom is 0.307 e. The molecule has 0 aromatic carbocycles. The highest BCUT2D eigenvalue weighted by atomic mass is 32.2. The van der Waals surface area contributed by atoms with Crippen molar-refractivity contribution >= 4 is 17.7 Å². The van der Waals surface area contributed by atoms with Crippen molar-refractivity contribution < 1.29 is 9.90 Å². The lowest BCUT2D eigenvalue weighted by Crippen LogP contribution is -2.29. The van der Waals surface area contributed by atoms with E-state index in [9.17, 15) is 14.7 Å². The van der Waals surface area contributed by atoms with Gasteiger partial charge in [-0.2, -0.15) is 0 Å². The molecule has 0 spiro atoms. The summed E-state index contributed by atoms with van der Waals surface area (Å²) in [5.41, 5.74) is 0.620. The van der Waals surface area contributed by atoms with Gasteiger partial charge >= 0.3 is 5.97 Å². The molecule has 6 heteroatoms. The van der Waals surface area contributed by atoms with E-state index >= 15 is 0 Å². The lowest BCUT2D eigenvalue weighted by Gasteiger charge is -2.27. The highest BCUT2D eigenvalue weighted by molar-refractivity contribution is 7.99. The molecular formula is C14H20N2O3S. The smallest absolute Gasteiger partial charge is 0.307 e. The number of aromatic nitrogens is 2. The summed E-state index contributed by atoms with van der Waals surface area (Å²) in [6, 6.07) is 1.52. The van der Waals surface area contributed by atoms with Gasteiger partial charge < -0.3 is 10.1 Å². The molecule has 1 saturated carbocycles. The molecule has 110 valence electrons. The van der Waals surface area contributed by atoms with Crippen LogP contribution < -0.4 is 5.56 Å². The maximum atomic E-state index is 11.6. The SMILES string of the molecule is CCCc1cc(=O)[nH]c(SC2CCCCC2C(=O)O)n1.